The molecule has 1 aliphatic heterocycles. The van der Waals surface area contributed by atoms with Crippen molar-refractivity contribution in [2.75, 3.05) is 13.1 Å². The van der Waals surface area contributed by atoms with Gasteiger partial charge in [0.25, 0.3) is 11.8 Å². The van der Waals surface area contributed by atoms with E-state index >= 15 is 0 Å². The van der Waals surface area contributed by atoms with E-state index in [1.165, 1.54) is 17.0 Å². The lowest BCUT2D eigenvalue weighted by molar-refractivity contribution is -0.137. The molecule has 150 valence electrons. The molecular weight excluding hydrogens is 374 g/mol. The van der Waals surface area contributed by atoms with Crippen LogP contribution in [0, 0.1) is 0 Å². The Morgan fingerprint density at radius 1 is 1.03 bits per heavy atom. The Balaban J connectivity index is 1.76. The fraction of sp³-hybridized carbons (Fsp3) is 0.238. The molecule has 3 N–H and O–H groups in total. The SMILES string of the molecule is CC1(c2ccc(C(=O)N(CCc3ccccc3)CC(=O)O)cc2)NC(=O)NC1=O. The molecule has 0 aromatic heterocycles. The lowest BCUT2D eigenvalue weighted by Gasteiger charge is -2.23. The summed E-state index contributed by atoms with van der Waals surface area (Å²) in [6.45, 7) is 1.41. The number of carbonyl (C=O) groups excluding carboxylic acids is 3. The first-order chi connectivity index (χ1) is 13.8. The summed E-state index contributed by atoms with van der Waals surface area (Å²) in [6, 6.07) is 15.1. The molecule has 29 heavy (non-hydrogen) atoms. The van der Waals surface area contributed by atoms with E-state index in [1.54, 1.807) is 19.1 Å². The van der Waals surface area contributed by atoms with Crippen LogP contribution in [0.3, 0.4) is 0 Å². The Morgan fingerprint density at radius 2 is 1.69 bits per heavy atom. The van der Waals surface area contributed by atoms with Gasteiger partial charge in [0.2, 0.25) is 0 Å². The molecule has 0 spiro atoms. The van der Waals surface area contributed by atoms with Crippen LogP contribution in [0.15, 0.2) is 54.6 Å². The number of rotatable bonds is 7. The van der Waals surface area contributed by atoms with Crippen molar-refractivity contribution in [3.05, 3.63) is 71.3 Å². The summed E-state index contributed by atoms with van der Waals surface area (Å²) >= 11 is 0. The van der Waals surface area contributed by atoms with E-state index in [4.69, 9.17) is 0 Å². The summed E-state index contributed by atoms with van der Waals surface area (Å²) < 4.78 is 0. The van der Waals surface area contributed by atoms with Gasteiger partial charge in [-0.1, -0.05) is 42.5 Å². The van der Waals surface area contributed by atoms with Gasteiger partial charge in [-0.25, -0.2) is 4.79 Å². The predicted octanol–water partition coefficient (Wildman–Crippen LogP) is 1.51. The number of benzene rings is 2. The maximum absolute atomic E-state index is 12.8. The maximum atomic E-state index is 12.8. The monoisotopic (exact) mass is 395 g/mol. The number of nitrogens with one attached hydrogen (secondary N) is 2. The van der Waals surface area contributed by atoms with E-state index in [9.17, 15) is 24.3 Å². The van der Waals surface area contributed by atoms with Crippen molar-refractivity contribution in [2.45, 2.75) is 18.9 Å². The van der Waals surface area contributed by atoms with Gasteiger partial charge in [-0.2, -0.15) is 0 Å². The molecule has 8 nitrogen and oxygen atoms in total. The summed E-state index contributed by atoms with van der Waals surface area (Å²) in [6.07, 6.45) is 0.530. The molecule has 2 aromatic carbocycles. The average molecular weight is 395 g/mol. The van der Waals surface area contributed by atoms with Gasteiger partial charge in [0, 0.05) is 12.1 Å². The van der Waals surface area contributed by atoms with E-state index in [-0.39, 0.29) is 6.54 Å². The van der Waals surface area contributed by atoms with Gasteiger partial charge in [0.05, 0.1) is 0 Å². The van der Waals surface area contributed by atoms with Gasteiger partial charge in [0.1, 0.15) is 12.1 Å². The molecule has 1 fully saturated rings. The first-order valence-corrected chi connectivity index (χ1v) is 9.09. The summed E-state index contributed by atoms with van der Waals surface area (Å²) in [4.78, 5) is 48.8. The smallest absolute Gasteiger partial charge is 0.323 e. The molecule has 1 aliphatic rings. The van der Waals surface area contributed by atoms with Crippen LogP contribution in [0.2, 0.25) is 0 Å². The summed E-state index contributed by atoms with van der Waals surface area (Å²) in [5, 5.41) is 13.9. The average Bonchev–Trinajstić information content (AvgIpc) is 2.97. The summed E-state index contributed by atoms with van der Waals surface area (Å²) in [5.41, 5.74) is 0.608. The van der Waals surface area contributed by atoms with E-state index in [0.29, 0.717) is 17.5 Å². The highest BCUT2D eigenvalue weighted by Gasteiger charge is 2.43. The van der Waals surface area contributed by atoms with Crippen molar-refractivity contribution in [2.24, 2.45) is 0 Å². The molecule has 1 unspecified atom stereocenters. The molecule has 1 saturated heterocycles. The highest BCUT2D eigenvalue weighted by Crippen LogP contribution is 2.24. The predicted molar refractivity (Wildman–Crippen MR) is 104 cm³/mol. The zero-order valence-electron chi connectivity index (χ0n) is 15.8. The molecule has 0 radical (unpaired) electrons. The van der Waals surface area contributed by atoms with Gasteiger partial charge < -0.3 is 15.3 Å². The second-order valence-corrected chi connectivity index (χ2v) is 6.97. The van der Waals surface area contributed by atoms with Crippen LogP contribution < -0.4 is 10.6 Å². The minimum Gasteiger partial charge on any atom is -0.480 e. The maximum Gasteiger partial charge on any atom is 0.323 e. The molecule has 2 aromatic rings. The highest BCUT2D eigenvalue weighted by atomic mass is 16.4. The van der Waals surface area contributed by atoms with Gasteiger partial charge >= 0.3 is 12.0 Å². The van der Waals surface area contributed by atoms with E-state index in [0.717, 1.165) is 5.56 Å². The van der Waals surface area contributed by atoms with Crippen molar-refractivity contribution in [3.63, 3.8) is 0 Å². The number of imide groups is 1. The van der Waals surface area contributed by atoms with Gasteiger partial charge in [-0.15, -0.1) is 0 Å². The number of hydrogen-bond acceptors (Lipinski definition) is 4. The second kappa shape index (κ2) is 8.14. The Hall–Kier alpha value is -3.68. The quantitative estimate of drug-likeness (QED) is 0.615. The molecule has 4 amide bonds. The molecule has 3 rings (SSSR count). The van der Waals surface area contributed by atoms with Gasteiger partial charge in [-0.3, -0.25) is 19.7 Å². The Kier molecular flexibility index (Phi) is 5.63. The van der Waals surface area contributed by atoms with Crippen molar-refractivity contribution in [3.8, 4) is 0 Å². The molecule has 0 bridgehead atoms. The first kappa shape index (κ1) is 20.1. The first-order valence-electron chi connectivity index (χ1n) is 9.09. The third-order valence-electron chi connectivity index (χ3n) is 4.88. The number of aliphatic carboxylic acids is 1. The number of carboxylic acids is 1. The lowest BCUT2D eigenvalue weighted by atomic mass is 9.91. The number of nitrogens with zero attached hydrogens (tertiary/aromatic N) is 1. The van der Waals surface area contributed by atoms with Gasteiger partial charge in [0.15, 0.2) is 0 Å². The van der Waals surface area contributed by atoms with Crippen molar-refractivity contribution >= 4 is 23.8 Å². The van der Waals surface area contributed by atoms with Crippen LogP contribution in [0.1, 0.15) is 28.4 Å². The normalized spacial score (nSPS) is 18.1. The third kappa shape index (κ3) is 4.43. The van der Waals surface area contributed by atoms with Crippen LogP contribution in [0.4, 0.5) is 4.79 Å². The second-order valence-electron chi connectivity index (χ2n) is 6.97. The zero-order chi connectivity index (χ0) is 21.0. The molecule has 1 heterocycles. The minimum absolute atomic E-state index is 0.257. The van der Waals surface area contributed by atoms with E-state index in [2.05, 4.69) is 10.6 Å². The van der Waals surface area contributed by atoms with Crippen LogP contribution in [0.25, 0.3) is 0 Å². The highest BCUT2D eigenvalue weighted by molar-refractivity contribution is 6.07. The summed E-state index contributed by atoms with van der Waals surface area (Å²) in [7, 11) is 0. The van der Waals surface area contributed by atoms with Crippen molar-refractivity contribution < 1.29 is 24.3 Å². The fourth-order valence-electron chi connectivity index (χ4n) is 3.20. The number of urea groups is 1. The molecule has 8 heteroatoms. The molecule has 0 saturated carbocycles. The molecular formula is C21H21N3O5. The fourth-order valence-corrected chi connectivity index (χ4v) is 3.20. The number of amides is 4. The number of carboxylic acid groups (broad SMARTS) is 1. The Bertz CT molecular complexity index is 943. The minimum atomic E-state index is -1.22. The van der Waals surface area contributed by atoms with Crippen molar-refractivity contribution in [1.82, 2.24) is 15.5 Å². The topological polar surface area (TPSA) is 116 Å². The number of carbonyl (C=O) groups is 4. The van der Waals surface area contributed by atoms with Crippen molar-refractivity contribution in [1.29, 1.82) is 0 Å². The van der Waals surface area contributed by atoms with E-state index < -0.39 is 35.9 Å². The molecule has 1 atom stereocenters. The largest absolute Gasteiger partial charge is 0.480 e. The standard InChI is InChI=1S/C21H21N3O5/c1-21(19(28)22-20(29)23-21)16-9-7-15(8-10-16)18(27)24(13-17(25)26)12-11-14-5-3-2-4-6-14/h2-10H,11-13H2,1H3,(H,25,26)(H2,22,23,28,29). The van der Waals surface area contributed by atoms with Gasteiger partial charge in [-0.05, 0) is 36.6 Å². The van der Waals surface area contributed by atoms with Crippen LogP contribution in [-0.4, -0.2) is 46.9 Å². The van der Waals surface area contributed by atoms with Crippen LogP contribution >= 0.6 is 0 Å². The van der Waals surface area contributed by atoms with Crippen LogP contribution in [-0.2, 0) is 21.5 Å². The molecule has 0 aliphatic carbocycles. The van der Waals surface area contributed by atoms with E-state index in [1.807, 2.05) is 30.3 Å². The Morgan fingerprint density at radius 3 is 2.24 bits per heavy atom. The third-order valence-corrected chi connectivity index (χ3v) is 4.88. The van der Waals surface area contributed by atoms with Crippen LogP contribution in [0.5, 0.6) is 0 Å². The zero-order valence-corrected chi connectivity index (χ0v) is 15.8. The lowest BCUT2D eigenvalue weighted by Crippen LogP contribution is -2.40. The number of hydrogen-bond donors (Lipinski definition) is 3. The summed E-state index contributed by atoms with van der Waals surface area (Å²) in [5.74, 6) is -1.99. The Labute approximate surface area is 167 Å².